The van der Waals surface area contributed by atoms with Crippen molar-refractivity contribution >= 4 is 29.1 Å². The molecule has 27 heavy (non-hydrogen) atoms. The van der Waals surface area contributed by atoms with Crippen molar-refractivity contribution in [2.45, 2.75) is 26.8 Å². The SMILES string of the molecule is CC(C)C(=O)N1CCc2ccc(NC(=O)COc3ccccc3Cl)cc2C1. The number of para-hydroxylation sites is 1. The third kappa shape index (κ3) is 4.80. The number of carbonyl (C=O) groups is 2. The molecule has 5 nitrogen and oxygen atoms in total. The Morgan fingerprint density at radius 2 is 1.96 bits per heavy atom. The first-order chi connectivity index (χ1) is 12.9. The lowest BCUT2D eigenvalue weighted by atomic mass is 9.98. The molecule has 2 aromatic carbocycles. The summed E-state index contributed by atoms with van der Waals surface area (Å²) in [6, 6.07) is 12.9. The van der Waals surface area contributed by atoms with Crippen LogP contribution in [-0.4, -0.2) is 29.9 Å². The molecule has 0 radical (unpaired) electrons. The monoisotopic (exact) mass is 386 g/mol. The number of anilines is 1. The van der Waals surface area contributed by atoms with Crippen LogP contribution in [0.2, 0.25) is 5.02 Å². The molecule has 0 spiro atoms. The number of hydrogen-bond donors (Lipinski definition) is 1. The lowest BCUT2D eigenvalue weighted by Crippen LogP contribution is -2.38. The molecule has 0 fully saturated rings. The van der Waals surface area contributed by atoms with Crippen molar-refractivity contribution < 1.29 is 14.3 Å². The maximum absolute atomic E-state index is 12.2. The molecule has 142 valence electrons. The van der Waals surface area contributed by atoms with Crippen molar-refractivity contribution in [3.63, 3.8) is 0 Å². The Kier molecular flexibility index (Phi) is 6.01. The fourth-order valence-corrected chi connectivity index (χ4v) is 3.28. The first-order valence-electron chi connectivity index (χ1n) is 9.02. The lowest BCUT2D eigenvalue weighted by molar-refractivity contribution is -0.135. The minimum Gasteiger partial charge on any atom is -0.482 e. The third-order valence-electron chi connectivity index (χ3n) is 4.50. The van der Waals surface area contributed by atoms with Gasteiger partial charge in [-0.2, -0.15) is 0 Å². The molecule has 6 heteroatoms. The molecule has 0 saturated carbocycles. The molecule has 0 unspecified atom stereocenters. The number of nitrogens with one attached hydrogen (secondary N) is 1. The summed E-state index contributed by atoms with van der Waals surface area (Å²) >= 11 is 6.02. The number of amides is 2. The molecule has 3 rings (SSSR count). The van der Waals surface area contributed by atoms with E-state index in [1.807, 2.05) is 36.9 Å². The van der Waals surface area contributed by atoms with Gasteiger partial charge in [-0.05, 0) is 41.8 Å². The number of fused-ring (bicyclic) bond motifs is 1. The Morgan fingerprint density at radius 1 is 1.19 bits per heavy atom. The Balaban J connectivity index is 1.61. The van der Waals surface area contributed by atoms with E-state index in [0.717, 1.165) is 18.5 Å². The van der Waals surface area contributed by atoms with Crippen LogP contribution in [0, 0.1) is 5.92 Å². The maximum atomic E-state index is 12.2. The Labute approximate surface area is 164 Å². The second kappa shape index (κ2) is 8.44. The molecular formula is C21H23ClN2O3. The first kappa shape index (κ1) is 19.2. The highest BCUT2D eigenvalue weighted by Crippen LogP contribution is 2.25. The van der Waals surface area contributed by atoms with Gasteiger partial charge in [0.25, 0.3) is 5.91 Å². The van der Waals surface area contributed by atoms with Crippen LogP contribution >= 0.6 is 11.6 Å². The van der Waals surface area contributed by atoms with Gasteiger partial charge in [0.15, 0.2) is 6.61 Å². The van der Waals surface area contributed by atoms with Gasteiger partial charge in [0.1, 0.15) is 5.75 Å². The molecular weight excluding hydrogens is 364 g/mol. The standard InChI is InChI=1S/C21H23ClN2O3/c1-14(2)21(26)24-10-9-15-7-8-17(11-16(15)12-24)23-20(25)13-27-19-6-4-3-5-18(19)22/h3-8,11,14H,9-10,12-13H2,1-2H3,(H,23,25). The van der Waals surface area contributed by atoms with Crippen LogP contribution < -0.4 is 10.1 Å². The fourth-order valence-electron chi connectivity index (χ4n) is 3.09. The highest BCUT2D eigenvalue weighted by molar-refractivity contribution is 6.32. The quantitative estimate of drug-likeness (QED) is 0.847. The average Bonchev–Trinajstić information content (AvgIpc) is 2.66. The normalized spacial score (nSPS) is 13.3. The van der Waals surface area contributed by atoms with E-state index in [-0.39, 0.29) is 24.3 Å². The van der Waals surface area contributed by atoms with Crippen LogP contribution in [0.15, 0.2) is 42.5 Å². The van der Waals surface area contributed by atoms with E-state index in [4.69, 9.17) is 16.3 Å². The van der Waals surface area contributed by atoms with Gasteiger partial charge in [-0.25, -0.2) is 0 Å². The molecule has 0 aliphatic carbocycles. The molecule has 2 aromatic rings. The van der Waals surface area contributed by atoms with Crippen molar-refractivity contribution in [1.29, 1.82) is 0 Å². The maximum Gasteiger partial charge on any atom is 0.262 e. The average molecular weight is 387 g/mol. The van der Waals surface area contributed by atoms with Gasteiger partial charge in [0.05, 0.1) is 5.02 Å². The molecule has 0 saturated heterocycles. The van der Waals surface area contributed by atoms with Gasteiger partial charge < -0.3 is 15.0 Å². The van der Waals surface area contributed by atoms with E-state index < -0.39 is 0 Å². The van der Waals surface area contributed by atoms with Gasteiger partial charge in [-0.1, -0.05) is 43.6 Å². The predicted octanol–water partition coefficient (Wildman–Crippen LogP) is 3.90. The van der Waals surface area contributed by atoms with E-state index in [1.165, 1.54) is 5.56 Å². The number of benzene rings is 2. The summed E-state index contributed by atoms with van der Waals surface area (Å²) in [5.41, 5.74) is 2.98. The molecule has 2 amide bonds. The minimum absolute atomic E-state index is 0.0172. The number of carbonyl (C=O) groups excluding carboxylic acids is 2. The fraction of sp³-hybridized carbons (Fsp3) is 0.333. The second-order valence-corrected chi connectivity index (χ2v) is 7.32. The smallest absolute Gasteiger partial charge is 0.262 e. The molecule has 1 N–H and O–H groups in total. The predicted molar refractivity (Wildman–Crippen MR) is 106 cm³/mol. The van der Waals surface area contributed by atoms with Gasteiger partial charge in [0, 0.05) is 24.7 Å². The van der Waals surface area contributed by atoms with Crippen LogP contribution in [0.3, 0.4) is 0 Å². The molecule has 0 bridgehead atoms. The minimum atomic E-state index is -0.263. The van der Waals surface area contributed by atoms with Crippen LogP contribution in [0.25, 0.3) is 0 Å². The summed E-state index contributed by atoms with van der Waals surface area (Å²) in [5, 5.41) is 3.30. The first-order valence-corrected chi connectivity index (χ1v) is 9.39. The summed E-state index contributed by atoms with van der Waals surface area (Å²) in [7, 11) is 0. The van der Waals surface area contributed by atoms with E-state index in [9.17, 15) is 9.59 Å². The van der Waals surface area contributed by atoms with E-state index in [2.05, 4.69) is 5.32 Å². The number of ether oxygens (including phenoxy) is 1. The number of rotatable bonds is 5. The van der Waals surface area contributed by atoms with Crippen LogP contribution in [0.4, 0.5) is 5.69 Å². The van der Waals surface area contributed by atoms with Crippen molar-refractivity contribution in [2.24, 2.45) is 5.92 Å². The van der Waals surface area contributed by atoms with Crippen LogP contribution in [0.1, 0.15) is 25.0 Å². The Hall–Kier alpha value is -2.53. The zero-order valence-electron chi connectivity index (χ0n) is 15.5. The number of halogens is 1. The second-order valence-electron chi connectivity index (χ2n) is 6.92. The molecule has 1 heterocycles. The van der Waals surface area contributed by atoms with Gasteiger partial charge in [0.2, 0.25) is 5.91 Å². The highest BCUT2D eigenvalue weighted by atomic mass is 35.5. The topological polar surface area (TPSA) is 58.6 Å². The third-order valence-corrected chi connectivity index (χ3v) is 4.82. The number of nitrogens with zero attached hydrogens (tertiary/aromatic N) is 1. The van der Waals surface area contributed by atoms with Gasteiger partial charge >= 0.3 is 0 Å². The molecule has 1 aliphatic rings. The summed E-state index contributed by atoms with van der Waals surface area (Å²) in [6.45, 7) is 5.01. The van der Waals surface area contributed by atoms with Crippen molar-refractivity contribution in [3.05, 3.63) is 58.6 Å². The lowest BCUT2D eigenvalue weighted by Gasteiger charge is -2.30. The van der Waals surface area contributed by atoms with Gasteiger partial charge in [-0.3, -0.25) is 9.59 Å². The van der Waals surface area contributed by atoms with Crippen LogP contribution in [-0.2, 0) is 22.6 Å². The largest absolute Gasteiger partial charge is 0.482 e. The summed E-state index contributed by atoms with van der Waals surface area (Å²) in [6.07, 6.45) is 0.831. The van der Waals surface area contributed by atoms with E-state index >= 15 is 0 Å². The summed E-state index contributed by atoms with van der Waals surface area (Å²) in [5.74, 6) is 0.350. The van der Waals surface area contributed by atoms with Crippen molar-refractivity contribution in [2.75, 3.05) is 18.5 Å². The van der Waals surface area contributed by atoms with E-state index in [1.54, 1.807) is 24.3 Å². The summed E-state index contributed by atoms with van der Waals surface area (Å²) < 4.78 is 5.46. The molecule has 1 aliphatic heterocycles. The Bertz CT molecular complexity index is 851. The highest BCUT2D eigenvalue weighted by Gasteiger charge is 2.22. The number of hydrogen-bond acceptors (Lipinski definition) is 3. The zero-order valence-corrected chi connectivity index (χ0v) is 16.3. The molecule has 0 atom stereocenters. The van der Waals surface area contributed by atoms with Crippen molar-refractivity contribution in [3.8, 4) is 5.75 Å². The summed E-state index contributed by atoms with van der Waals surface area (Å²) in [4.78, 5) is 26.3. The van der Waals surface area contributed by atoms with Crippen LogP contribution in [0.5, 0.6) is 5.75 Å². The van der Waals surface area contributed by atoms with Gasteiger partial charge in [-0.15, -0.1) is 0 Å². The zero-order chi connectivity index (χ0) is 19.4. The van der Waals surface area contributed by atoms with Crippen molar-refractivity contribution in [1.82, 2.24) is 4.90 Å². The van der Waals surface area contributed by atoms with E-state index in [0.29, 0.717) is 23.0 Å². The molecule has 0 aromatic heterocycles. The Morgan fingerprint density at radius 3 is 2.70 bits per heavy atom.